The Morgan fingerprint density at radius 1 is 0.529 bits per heavy atom. The maximum Gasteiger partial charge on any atom is 0.524 e. The van der Waals surface area contributed by atoms with E-state index in [-0.39, 0.29) is 22.7 Å². The average molecular weight is 1140 g/mol. The molecule has 0 unspecified atom stereocenters. The fraction of sp³-hybridized carbons (Fsp3) is 0.111. The topological polar surface area (TPSA) is 135 Å². The van der Waals surface area contributed by atoms with Crippen LogP contribution in [0.1, 0.15) is 11.1 Å². The van der Waals surface area contributed by atoms with Gasteiger partial charge in [0.2, 0.25) is 0 Å². The number of cyclic esters (lactones) is 2. The predicted molar refractivity (Wildman–Crippen MR) is 169 cm³/mol. The van der Waals surface area contributed by atoms with Gasteiger partial charge in [-0.05, 0) is 182 Å². The van der Waals surface area contributed by atoms with Crippen LogP contribution in [0.15, 0.2) is 47.1 Å². The van der Waals surface area contributed by atoms with Crippen molar-refractivity contribution in [2.24, 2.45) is 0 Å². The number of carbonyl (C=O) groups is 2. The minimum Gasteiger partial charge on any atom is -0.391 e. The number of alkyl halides is 6. The molecule has 0 saturated carbocycles. The minimum atomic E-state index is -1.43. The van der Waals surface area contributed by atoms with Crippen molar-refractivity contribution in [3.05, 3.63) is 56.6 Å². The summed E-state index contributed by atoms with van der Waals surface area (Å²) in [6.45, 7) is 0. The van der Waals surface area contributed by atoms with E-state index in [0.717, 1.165) is 0 Å². The molecular weight excluding hydrogens is 1140 g/mol. The van der Waals surface area contributed by atoms with Crippen molar-refractivity contribution < 1.29 is 37.1 Å². The molecule has 0 saturated heterocycles. The van der Waals surface area contributed by atoms with Crippen LogP contribution in [-0.2, 0) is 3.61 Å². The summed E-state index contributed by atoms with van der Waals surface area (Å²) in [4.78, 5) is 49.0. The van der Waals surface area contributed by atoms with Crippen LogP contribution in [0.2, 0.25) is 0 Å². The molecule has 3 heterocycles. The highest BCUT2D eigenvalue weighted by Crippen LogP contribution is 2.53. The fourth-order valence-electron chi connectivity index (χ4n) is 2.93. The summed E-state index contributed by atoms with van der Waals surface area (Å²) in [7, 11) is 0. The number of carbonyl (C=O) groups excluding carboxylic acids is 2. The molecule has 6 bridgehead atoms. The summed E-state index contributed by atoms with van der Waals surface area (Å²) in [6, 6.07) is 5.89. The number of halogens is 6. The molecule has 16 heteroatoms. The molecule has 0 amide bonds. The van der Waals surface area contributed by atoms with Gasteiger partial charge in [0.15, 0.2) is 22.7 Å². The zero-order valence-corrected chi connectivity index (χ0v) is 28.6. The molecule has 1 aliphatic heterocycles. The number of ether oxygens (including phenoxy) is 3. The van der Waals surface area contributed by atoms with Gasteiger partial charge in [-0.1, -0.05) is 0 Å². The molecule has 178 valence electrons. The largest absolute Gasteiger partial charge is 0.524 e. The Labute approximate surface area is 269 Å². The second-order valence-electron chi connectivity index (χ2n) is 6.30. The summed E-state index contributed by atoms with van der Waals surface area (Å²) in [5.74, 6) is -3.37. The fourth-order valence-corrected chi connectivity index (χ4v) is 5.61. The van der Waals surface area contributed by atoms with Gasteiger partial charge in [0.05, 0.1) is 0 Å². The van der Waals surface area contributed by atoms with E-state index in [1.54, 1.807) is 0 Å². The smallest absolute Gasteiger partial charge is 0.391 e. The molecule has 2 aromatic heterocycles. The monoisotopic (exact) mass is 1140 g/mol. The van der Waals surface area contributed by atoms with E-state index in [1.165, 1.54) is 24.3 Å². The summed E-state index contributed by atoms with van der Waals surface area (Å²) < 4.78 is 28.5. The number of fused-ring (bicyclic) bond motifs is 6. The number of hydrogen-bond acceptors (Lipinski definition) is 10. The zero-order chi connectivity index (χ0) is 25.0. The van der Waals surface area contributed by atoms with E-state index in [1.807, 2.05) is 0 Å². The lowest BCUT2D eigenvalue weighted by Gasteiger charge is -2.20. The first-order valence-electron chi connectivity index (χ1n) is 8.46. The Morgan fingerprint density at radius 3 is 1.26 bits per heavy atom. The molecule has 0 fully saturated rings. The van der Waals surface area contributed by atoms with Gasteiger partial charge in [-0.25, -0.2) is 19.2 Å². The summed E-state index contributed by atoms with van der Waals surface area (Å²) in [5, 5.41) is 1.14. The molecule has 0 spiro atoms. The Kier molecular flexibility index (Phi) is 8.22. The van der Waals surface area contributed by atoms with Crippen molar-refractivity contribution in [1.29, 1.82) is 0 Å². The Morgan fingerprint density at radius 2 is 0.912 bits per heavy atom. The first-order valence-corrected chi connectivity index (χ1v) is 14.9. The highest BCUT2D eigenvalue weighted by atomic mass is 127. The second-order valence-corrected chi connectivity index (χ2v) is 28.4. The van der Waals surface area contributed by atoms with Crippen LogP contribution in [-0.4, -0.2) is 12.3 Å². The van der Waals surface area contributed by atoms with Gasteiger partial charge < -0.3 is 27.5 Å². The van der Waals surface area contributed by atoms with Gasteiger partial charge in [-0.3, -0.25) is 0 Å². The van der Waals surface area contributed by atoms with E-state index in [2.05, 4.69) is 145 Å². The van der Waals surface area contributed by atoms with Gasteiger partial charge in [0, 0.05) is 0 Å². The normalized spacial score (nSPS) is 14.1. The van der Waals surface area contributed by atoms with Crippen molar-refractivity contribution in [3.8, 4) is 11.5 Å². The van der Waals surface area contributed by atoms with E-state index in [0.29, 0.717) is 21.9 Å². The molecule has 1 aliphatic rings. The SMILES string of the molecule is O=C1OC(=O)Oc2cc3c(C(I)(I)I)cc2oc(=O)oc(=O)oc2cc(C(I)(I)I)c3cc2O1. The summed E-state index contributed by atoms with van der Waals surface area (Å²) in [6.07, 6.45) is -2.85. The van der Waals surface area contributed by atoms with Crippen molar-refractivity contribution >= 4 is 170 Å². The first-order chi connectivity index (χ1) is 15.7. The van der Waals surface area contributed by atoms with E-state index in [9.17, 15) is 19.2 Å². The van der Waals surface area contributed by atoms with E-state index < -0.39 is 22.8 Å². The van der Waals surface area contributed by atoms with Gasteiger partial charge in [0.25, 0.3) is 0 Å². The molecule has 0 N–H and O–H groups in total. The quantitative estimate of drug-likeness (QED) is 0.0837. The van der Waals surface area contributed by atoms with Crippen LogP contribution < -0.4 is 21.1 Å². The second kappa shape index (κ2) is 10.2. The molecule has 2 aromatic carbocycles. The van der Waals surface area contributed by atoms with Gasteiger partial charge in [-0.15, -0.1) is 0 Å². The van der Waals surface area contributed by atoms with Crippen LogP contribution >= 0.6 is 136 Å². The third kappa shape index (κ3) is 6.05. The van der Waals surface area contributed by atoms with E-state index in [4.69, 9.17) is 18.3 Å². The van der Waals surface area contributed by atoms with Gasteiger partial charge >= 0.3 is 24.0 Å². The molecule has 5 rings (SSSR count). The number of rotatable bonds is 2. The molecule has 0 atom stereocenters. The highest BCUT2D eigenvalue weighted by molar-refractivity contribution is 14.3. The molecular formula is C18H4I6O10. The Balaban J connectivity index is 2.45. The van der Waals surface area contributed by atoms with E-state index >= 15 is 0 Å². The lowest BCUT2D eigenvalue weighted by Crippen LogP contribution is -2.19. The lowest BCUT2D eigenvalue weighted by atomic mass is 10.0. The van der Waals surface area contributed by atoms with Crippen molar-refractivity contribution in [2.75, 3.05) is 0 Å². The Bertz CT molecular complexity index is 1420. The third-order valence-electron chi connectivity index (χ3n) is 4.18. The van der Waals surface area contributed by atoms with Crippen LogP contribution in [0.4, 0.5) is 9.59 Å². The van der Waals surface area contributed by atoms with Crippen LogP contribution in [0.5, 0.6) is 11.5 Å². The maximum atomic E-state index is 12.3. The predicted octanol–water partition coefficient (Wildman–Crippen LogP) is 7.48. The molecule has 0 aliphatic carbocycles. The molecule has 0 radical (unpaired) electrons. The summed E-state index contributed by atoms with van der Waals surface area (Å²) in [5.41, 5.74) is 0.806. The van der Waals surface area contributed by atoms with Crippen LogP contribution in [0, 0.1) is 0 Å². The molecule has 4 aromatic rings. The van der Waals surface area contributed by atoms with Crippen molar-refractivity contribution in [3.63, 3.8) is 0 Å². The Hall–Kier alpha value is 0.300. The van der Waals surface area contributed by atoms with Crippen LogP contribution in [0.3, 0.4) is 0 Å². The maximum absolute atomic E-state index is 12.3. The molecule has 10 nitrogen and oxygen atoms in total. The van der Waals surface area contributed by atoms with Crippen LogP contribution in [0.25, 0.3) is 21.9 Å². The zero-order valence-electron chi connectivity index (χ0n) is 15.7. The number of hydrogen-bond donors (Lipinski definition) is 0. The summed E-state index contributed by atoms with van der Waals surface area (Å²) >= 11 is 13.1. The average Bonchev–Trinajstić information content (AvgIpc) is 2.67. The minimum absolute atomic E-state index is 0.253. The highest BCUT2D eigenvalue weighted by Gasteiger charge is 2.31. The van der Waals surface area contributed by atoms with Gasteiger partial charge in [0.1, 0.15) is -1.13 Å². The van der Waals surface area contributed by atoms with Crippen molar-refractivity contribution in [1.82, 2.24) is 0 Å². The molecule has 34 heavy (non-hydrogen) atoms. The third-order valence-corrected chi connectivity index (χ3v) is 7.66. The first kappa shape index (κ1) is 27.3. The van der Waals surface area contributed by atoms with Crippen molar-refractivity contribution in [2.45, 2.75) is -1.13 Å². The lowest BCUT2D eigenvalue weighted by molar-refractivity contribution is 0.0892. The number of benzene rings is 2. The van der Waals surface area contributed by atoms with Gasteiger partial charge in [-0.2, -0.15) is 0 Å². The standard InChI is InChI=1S/C18H4I6O10/c19-17(20,21)7-3-11-9-1-5(7)6-2-10(30-14(26)33-13(25)29-9)12(4-8(6)18(22,23)24)32-16(28)34-15(27)31-11/h1-4H.